The first-order chi connectivity index (χ1) is 13.5. The normalized spacial score (nSPS) is 15.9. The molecule has 2 aromatic carbocycles. The monoisotopic (exact) mass is 404 g/mol. The zero-order chi connectivity index (χ0) is 19.7. The van der Waals surface area contributed by atoms with Crippen molar-refractivity contribution >= 4 is 17.5 Å². The minimum atomic E-state index is -0.723. The maximum Gasteiger partial charge on any atom is 0.274 e. The number of amides is 1. The highest BCUT2D eigenvalue weighted by Gasteiger charge is 2.27. The molecule has 0 fully saturated rings. The summed E-state index contributed by atoms with van der Waals surface area (Å²) in [5.74, 6) is -1.90. The van der Waals surface area contributed by atoms with Gasteiger partial charge in [-0.05, 0) is 23.8 Å². The van der Waals surface area contributed by atoms with Crippen LogP contribution in [0, 0.1) is 11.6 Å². The standard InChI is InChI=1S/C19H15ClF2N4O2/c20-13-4-1-11(2-5-13)17-9-26-16(10-28-17)18(24-25-26)19(27)23-8-12-3-6-14(21)7-15(12)22/h1-7,17H,8-10H2,(H,23,27)/t17-/m1/s1. The van der Waals surface area contributed by atoms with Crippen molar-refractivity contribution in [2.75, 3.05) is 0 Å². The van der Waals surface area contributed by atoms with E-state index >= 15 is 0 Å². The molecule has 1 aromatic heterocycles. The minimum Gasteiger partial charge on any atom is -0.365 e. The Bertz CT molecular complexity index is 1020. The van der Waals surface area contributed by atoms with Crippen LogP contribution in [0.5, 0.6) is 0 Å². The van der Waals surface area contributed by atoms with Gasteiger partial charge in [-0.1, -0.05) is 35.0 Å². The van der Waals surface area contributed by atoms with E-state index in [1.165, 1.54) is 6.07 Å². The van der Waals surface area contributed by atoms with Crippen molar-refractivity contribution < 1.29 is 18.3 Å². The number of hydrogen-bond acceptors (Lipinski definition) is 4. The van der Waals surface area contributed by atoms with Gasteiger partial charge in [-0.3, -0.25) is 4.79 Å². The maximum atomic E-state index is 13.7. The number of nitrogens with zero attached hydrogens (tertiary/aromatic N) is 3. The lowest BCUT2D eigenvalue weighted by Crippen LogP contribution is -2.27. The highest BCUT2D eigenvalue weighted by Crippen LogP contribution is 2.27. The predicted molar refractivity (Wildman–Crippen MR) is 96.5 cm³/mol. The number of carbonyl (C=O) groups excluding carboxylic acids is 1. The molecule has 144 valence electrons. The molecule has 28 heavy (non-hydrogen) atoms. The summed E-state index contributed by atoms with van der Waals surface area (Å²) in [5, 5.41) is 11.2. The van der Waals surface area contributed by atoms with Crippen LogP contribution in [0.3, 0.4) is 0 Å². The summed E-state index contributed by atoms with van der Waals surface area (Å²) in [4.78, 5) is 12.4. The van der Waals surface area contributed by atoms with Crippen LogP contribution in [0.15, 0.2) is 42.5 Å². The van der Waals surface area contributed by atoms with E-state index in [-0.39, 0.29) is 30.5 Å². The molecule has 1 aliphatic rings. The second-order valence-corrected chi connectivity index (χ2v) is 6.77. The van der Waals surface area contributed by atoms with Crippen LogP contribution in [0.1, 0.15) is 33.4 Å². The number of carbonyl (C=O) groups is 1. The van der Waals surface area contributed by atoms with E-state index in [0.29, 0.717) is 17.3 Å². The number of aromatic nitrogens is 3. The summed E-state index contributed by atoms with van der Waals surface area (Å²) in [6.45, 7) is 0.475. The fourth-order valence-corrected chi connectivity index (χ4v) is 3.12. The molecule has 1 N–H and O–H groups in total. The first-order valence-electron chi connectivity index (χ1n) is 8.53. The van der Waals surface area contributed by atoms with Gasteiger partial charge in [0, 0.05) is 23.2 Å². The fraction of sp³-hybridized carbons (Fsp3) is 0.211. The third-order valence-electron chi connectivity index (χ3n) is 4.51. The molecule has 0 unspecified atom stereocenters. The summed E-state index contributed by atoms with van der Waals surface area (Å²) < 4.78 is 34.1. The molecule has 0 aliphatic carbocycles. The zero-order valence-corrected chi connectivity index (χ0v) is 15.3. The first-order valence-corrected chi connectivity index (χ1v) is 8.90. The topological polar surface area (TPSA) is 69.0 Å². The summed E-state index contributed by atoms with van der Waals surface area (Å²) >= 11 is 5.91. The fourth-order valence-electron chi connectivity index (χ4n) is 2.99. The summed E-state index contributed by atoms with van der Waals surface area (Å²) in [6, 6.07) is 10.5. The molecule has 6 nitrogen and oxygen atoms in total. The largest absolute Gasteiger partial charge is 0.365 e. The number of halogens is 3. The molecule has 9 heteroatoms. The van der Waals surface area contributed by atoms with E-state index in [0.717, 1.165) is 17.7 Å². The van der Waals surface area contributed by atoms with Gasteiger partial charge in [0.15, 0.2) is 5.69 Å². The number of rotatable bonds is 4. The highest BCUT2D eigenvalue weighted by atomic mass is 35.5. The second kappa shape index (κ2) is 7.65. The molecule has 3 aromatic rings. The number of ether oxygens (including phenoxy) is 1. The van der Waals surface area contributed by atoms with Crippen molar-refractivity contribution in [2.45, 2.75) is 25.8 Å². The highest BCUT2D eigenvalue weighted by molar-refractivity contribution is 6.30. The molecule has 1 atom stereocenters. The molecular formula is C19H15ClF2N4O2. The van der Waals surface area contributed by atoms with E-state index in [4.69, 9.17) is 16.3 Å². The third kappa shape index (κ3) is 3.74. The third-order valence-corrected chi connectivity index (χ3v) is 4.76. The Kier molecular flexibility index (Phi) is 5.06. The Morgan fingerprint density at radius 2 is 2.04 bits per heavy atom. The molecule has 0 radical (unpaired) electrons. The average Bonchev–Trinajstić information content (AvgIpc) is 3.11. The smallest absolute Gasteiger partial charge is 0.274 e. The Labute approximate surface area is 164 Å². The Balaban J connectivity index is 1.45. The zero-order valence-electron chi connectivity index (χ0n) is 14.5. The Morgan fingerprint density at radius 3 is 2.79 bits per heavy atom. The van der Waals surface area contributed by atoms with E-state index in [2.05, 4.69) is 15.6 Å². The van der Waals surface area contributed by atoms with Crippen LogP contribution in [0.4, 0.5) is 8.78 Å². The molecular weight excluding hydrogens is 390 g/mol. The molecule has 1 amide bonds. The van der Waals surface area contributed by atoms with Crippen molar-refractivity contribution in [3.8, 4) is 0 Å². The van der Waals surface area contributed by atoms with E-state index < -0.39 is 17.5 Å². The second-order valence-electron chi connectivity index (χ2n) is 6.34. The molecule has 0 spiro atoms. The first kappa shape index (κ1) is 18.5. The van der Waals surface area contributed by atoms with Crippen LogP contribution < -0.4 is 5.32 Å². The average molecular weight is 405 g/mol. The van der Waals surface area contributed by atoms with E-state index in [1.807, 2.05) is 12.1 Å². The van der Waals surface area contributed by atoms with Gasteiger partial charge >= 0.3 is 0 Å². The van der Waals surface area contributed by atoms with Crippen molar-refractivity contribution in [3.05, 3.63) is 81.6 Å². The summed E-state index contributed by atoms with van der Waals surface area (Å²) in [6.07, 6.45) is -0.226. The number of nitrogens with one attached hydrogen (secondary N) is 1. The Hall–Kier alpha value is -2.84. The number of benzene rings is 2. The van der Waals surface area contributed by atoms with Crippen molar-refractivity contribution in [2.24, 2.45) is 0 Å². The molecule has 4 rings (SSSR count). The predicted octanol–water partition coefficient (Wildman–Crippen LogP) is 3.41. The lowest BCUT2D eigenvalue weighted by molar-refractivity contribution is -0.00177. The van der Waals surface area contributed by atoms with Crippen LogP contribution >= 0.6 is 11.6 Å². The van der Waals surface area contributed by atoms with Gasteiger partial charge in [-0.15, -0.1) is 5.10 Å². The Morgan fingerprint density at radius 1 is 1.25 bits per heavy atom. The van der Waals surface area contributed by atoms with Crippen molar-refractivity contribution in [3.63, 3.8) is 0 Å². The molecule has 1 aliphatic heterocycles. The molecule has 0 saturated heterocycles. The van der Waals surface area contributed by atoms with E-state index in [1.54, 1.807) is 16.8 Å². The summed E-state index contributed by atoms with van der Waals surface area (Å²) in [7, 11) is 0. The lowest BCUT2D eigenvalue weighted by atomic mass is 10.1. The van der Waals surface area contributed by atoms with Gasteiger partial charge in [-0.25, -0.2) is 13.5 Å². The van der Waals surface area contributed by atoms with Crippen LogP contribution in [0.25, 0.3) is 0 Å². The van der Waals surface area contributed by atoms with Crippen molar-refractivity contribution in [1.82, 2.24) is 20.3 Å². The quantitative estimate of drug-likeness (QED) is 0.723. The number of hydrogen-bond donors (Lipinski definition) is 1. The minimum absolute atomic E-state index is 0.0918. The van der Waals surface area contributed by atoms with Crippen LogP contribution in [0.2, 0.25) is 5.02 Å². The van der Waals surface area contributed by atoms with Crippen molar-refractivity contribution in [1.29, 1.82) is 0 Å². The van der Waals surface area contributed by atoms with Gasteiger partial charge < -0.3 is 10.1 Å². The van der Waals surface area contributed by atoms with E-state index in [9.17, 15) is 13.6 Å². The number of fused-ring (bicyclic) bond motifs is 1. The SMILES string of the molecule is O=C(NCc1ccc(F)cc1F)c1nnn2c1CO[C@@H](c1ccc(Cl)cc1)C2. The van der Waals surface area contributed by atoms with Gasteiger partial charge in [0.1, 0.15) is 17.7 Å². The van der Waals surface area contributed by atoms with Gasteiger partial charge in [0.25, 0.3) is 5.91 Å². The van der Waals surface area contributed by atoms with Crippen LogP contribution in [-0.4, -0.2) is 20.9 Å². The molecule has 0 bridgehead atoms. The molecule has 0 saturated carbocycles. The lowest BCUT2D eigenvalue weighted by Gasteiger charge is -2.24. The van der Waals surface area contributed by atoms with Gasteiger partial charge in [0.05, 0.1) is 18.8 Å². The van der Waals surface area contributed by atoms with Gasteiger partial charge in [0.2, 0.25) is 0 Å². The molecule has 2 heterocycles. The van der Waals surface area contributed by atoms with Crippen LogP contribution in [-0.2, 0) is 24.4 Å². The maximum absolute atomic E-state index is 13.7. The van der Waals surface area contributed by atoms with Gasteiger partial charge in [-0.2, -0.15) is 0 Å². The summed E-state index contributed by atoms with van der Waals surface area (Å²) in [5.41, 5.74) is 1.79.